The van der Waals surface area contributed by atoms with Crippen molar-refractivity contribution < 1.29 is 14.7 Å². The second-order valence-corrected chi connectivity index (χ2v) is 4.28. The molecule has 0 radical (unpaired) electrons. The van der Waals surface area contributed by atoms with E-state index in [0.29, 0.717) is 25.2 Å². The van der Waals surface area contributed by atoms with Gasteiger partial charge in [0.2, 0.25) is 0 Å². The van der Waals surface area contributed by atoms with Crippen molar-refractivity contribution in [3.63, 3.8) is 0 Å². The Morgan fingerprint density at radius 3 is 2.42 bits per heavy atom. The number of carbonyl (C=O) groups is 2. The summed E-state index contributed by atoms with van der Waals surface area (Å²) in [6.45, 7) is 4.58. The minimum absolute atomic E-state index is 0.00333. The average Bonchev–Trinajstić information content (AvgIpc) is 2.42. The number of benzene rings is 1. The molecule has 1 aromatic carbocycles. The highest BCUT2D eigenvalue weighted by atomic mass is 16.3. The molecule has 0 saturated heterocycles. The van der Waals surface area contributed by atoms with E-state index in [1.165, 1.54) is 4.90 Å². The first-order chi connectivity index (χ1) is 9.08. The molecule has 0 aliphatic carbocycles. The van der Waals surface area contributed by atoms with E-state index < -0.39 is 11.8 Å². The molecule has 2 N–H and O–H groups in total. The van der Waals surface area contributed by atoms with Gasteiger partial charge in [0.05, 0.1) is 0 Å². The van der Waals surface area contributed by atoms with Crippen LogP contribution in [0.5, 0.6) is 0 Å². The number of aryl methyl sites for hydroxylation is 1. The van der Waals surface area contributed by atoms with E-state index in [2.05, 4.69) is 5.32 Å². The number of hydrogen-bond acceptors (Lipinski definition) is 3. The minimum atomic E-state index is -0.649. The highest BCUT2D eigenvalue weighted by Crippen LogP contribution is 2.08. The summed E-state index contributed by atoms with van der Waals surface area (Å²) in [7, 11) is 0. The van der Waals surface area contributed by atoms with Crippen molar-refractivity contribution in [3.05, 3.63) is 29.8 Å². The number of hydrogen-bond donors (Lipinski definition) is 2. The normalized spacial score (nSPS) is 10.1. The third-order valence-electron chi connectivity index (χ3n) is 2.76. The maximum absolute atomic E-state index is 11.9. The number of carbonyl (C=O) groups excluding carboxylic acids is 2. The van der Waals surface area contributed by atoms with Crippen LogP contribution in [0.15, 0.2) is 24.3 Å². The summed E-state index contributed by atoms with van der Waals surface area (Å²) in [6, 6.07) is 7.24. The smallest absolute Gasteiger partial charge is 0.313 e. The van der Waals surface area contributed by atoms with Crippen molar-refractivity contribution in [2.45, 2.75) is 20.3 Å². The molecule has 1 aromatic rings. The van der Waals surface area contributed by atoms with E-state index in [4.69, 9.17) is 5.11 Å². The van der Waals surface area contributed by atoms with Gasteiger partial charge in [-0.3, -0.25) is 9.59 Å². The Morgan fingerprint density at radius 1 is 1.26 bits per heavy atom. The first kappa shape index (κ1) is 15.2. The summed E-state index contributed by atoms with van der Waals surface area (Å²) in [5.41, 5.74) is 1.68. The second kappa shape index (κ2) is 7.53. The fourth-order valence-electron chi connectivity index (χ4n) is 1.63. The molecule has 0 atom stereocenters. The number of aliphatic hydroxyl groups is 1. The maximum atomic E-state index is 11.9. The molecule has 19 heavy (non-hydrogen) atoms. The molecule has 5 heteroatoms. The van der Waals surface area contributed by atoms with E-state index in [1.54, 1.807) is 19.1 Å². The number of likely N-dealkylation sites (N-methyl/N-ethyl adjacent to an activating group) is 1. The molecule has 0 heterocycles. The number of nitrogens with one attached hydrogen (secondary N) is 1. The van der Waals surface area contributed by atoms with Gasteiger partial charge in [-0.05, 0) is 32.4 Å². The molecule has 0 aromatic heterocycles. The lowest BCUT2D eigenvalue weighted by molar-refractivity contribution is -0.143. The van der Waals surface area contributed by atoms with Crippen LogP contribution >= 0.6 is 0 Å². The van der Waals surface area contributed by atoms with Crippen LogP contribution in [-0.2, 0) is 9.59 Å². The Balaban J connectivity index is 2.60. The van der Waals surface area contributed by atoms with Crippen molar-refractivity contribution in [2.24, 2.45) is 0 Å². The highest BCUT2D eigenvalue weighted by Gasteiger charge is 2.20. The number of nitrogens with zero attached hydrogens (tertiary/aromatic N) is 1. The van der Waals surface area contributed by atoms with E-state index in [-0.39, 0.29) is 6.61 Å². The summed E-state index contributed by atoms with van der Waals surface area (Å²) in [6.07, 6.45) is 0.470. The first-order valence-electron chi connectivity index (χ1n) is 6.36. The van der Waals surface area contributed by atoms with Crippen LogP contribution in [-0.4, -0.2) is 41.5 Å². The van der Waals surface area contributed by atoms with Gasteiger partial charge >= 0.3 is 11.8 Å². The van der Waals surface area contributed by atoms with Crippen LogP contribution in [0.3, 0.4) is 0 Å². The summed E-state index contributed by atoms with van der Waals surface area (Å²) in [5, 5.41) is 11.3. The van der Waals surface area contributed by atoms with Crippen LogP contribution in [0.25, 0.3) is 0 Å². The Morgan fingerprint density at radius 2 is 1.89 bits per heavy atom. The molecule has 104 valence electrons. The average molecular weight is 264 g/mol. The van der Waals surface area contributed by atoms with Crippen LogP contribution in [0.2, 0.25) is 0 Å². The number of amides is 2. The van der Waals surface area contributed by atoms with Crippen molar-refractivity contribution in [2.75, 3.05) is 25.0 Å². The molecule has 0 aliphatic heterocycles. The summed E-state index contributed by atoms with van der Waals surface area (Å²) < 4.78 is 0. The summed E-state index contributed by atoms with van der Waals surface area (Å²) in [5.74, 6) is -1.22. The van der Waals surface area contributed by atoms with Gasteiger partial charge in [0.15, 0.2) is 0 Å². The van der Waals surface area contributed by atoms with Gasteiger partial charge in [0.25, 0.3) is 0 Å². The van der Waals surface area contributed by atoms with Gasteiger partial charge in [-0.25, -0.2) is 0 Å². The van der Waals surface area contributed by atoms with Gasteiger partial charge in [-0.1, -0.05) is 17.7 Å². The Kier molecular flexibility index (Phi) is 6.02. The van der Waals surface area contributed by atoms with Crippen LogP contribution < -0.4 is 5.32 Å². The Labute approximate surface area is 113 Å². The van der Waals surface area contributed by atoms with Crippen LogP contribution in [0, 0.1) is 6.92 Å². The zero-order valence-corrected chi connectivity index (χ0v) is 11.3. The minimum Gasteiger partial charge on any atom is -0.396 e. The molecular weight excluding hydrogens is 244 g/mol. The maximum Gasteiger partial charge on any atom is 0.313 e. The zero-order chi connectivity index (χ0) is 14.3. The quantitative estimate of drug-likeness (QED) is 0.784. The third kappa shape index (κ3) is 4.71. The van der Waals surface area contributed by atoms with Crippen LogP contribution in [0.1, 0.15) is 18.9 Å². The van der Waals surface area contributed by atoms with Gasteiger partial charge in [-0.2, -0.15) is 0 Å². The van der Waals surface area contributed by atoms with Crippen molar-refractivity contribution in [1.82, 2.24) is 4.90 Å². The molecule has 0 spiro atoms. The topological polar surface area (TPSA) is 69.6 Å². The van der Waals surface area contributed by atoms with Crippen molar-refractivity contribution in [3.8, 4) is 0 Å². The molecule has 5 nitrogen and oxygen atoms in total. The van der Waals surface area contributed by atoms with E-state index in [1.807, 2.05) is 19.1 Å². The lowest BCUT2D eigenvalue weighted by atomic mass is 10.2. The van der Waals surface area contributed by atoms with Gasteiger partial charge < -0.3 is 15.3 Å². The molecule has 0 bridgehead atoms. The van der Waals surface area contributed by atoms with E-state index >= 15 is 0 Å². The predicted octanol–water partition coefficient (Wildman–Crippen LogP) is 1.16. The predicted molar refractivity (Wildman–Crippen MR) is 73.8 cm³/mol. The van der Waals surface area contributed by atoms with Crippen molar-refractivity contribution in [1.29, 1.82) is 0 Å². The summed E-state index contributed by atoms with van der Waals surface area (Å²) in [4.78, 5) is 25.1. The van der Waals surface area contributed by atoms with Gasteiger partial charge in [0, 0.05) is 25.4 Å². The fourth-order valence-corrected chi connectivity index (χ4v) is 1.63. The lowest BCUT2D eigenvalue weighted by Crippen LogP contribution is -2.40. The monoisotopic (exact) mass is 264 g/mol. The zero-order valence-electron chi connectivity index (χ0n) is 11.3. The molecule has 0 aliphatic rings. The molecule has 1 rings (SSSR count). The second-order valence-electron chi connectivity index (χ2n) is 4.28. The van der Waals surface area contributed by atoms with Gasteiger partial charge in [-0.15, -0.1) is 0 Å². The standard InChI is InChI=1S/C14H20N2O3/c1-3-16(9-4-10-17)14(19)13(18)15-12-7-5-11(2)6-8-12/h5-8,17H,3-4,9-10H2,1-2H3,(H,15,18). The first-order valence-corrected chi connectivity index (χ1v) is 6.36. The highest BCUT2D eigenvalue weighted by molar-refractivity contribution is 6.39. The Bertz CT molecular complexity index is 429. The fraction of sp³-hybridized carbons (Fsp3) is 0.429. The largest absolute Gasteiger partial charge is 0.396 e. The third-order valence-corrected chi connectivity index (χ3v) is 2.76. The summed E-state index contributed by atoms with van der Waals surface area (Å²) >= 11 is 0. The van der Waals surface area contributed by atoms with E-state index in [9.17, 15) is 9.59 Å². The number of aliphatic hydroxyl groups excluding tert-OH is 1. The SMILES string of the molecule is CCN(CCCO)C(=O)C(=O)Nc1ccc(C)cc1. The molecule has 2 amide bonds. The van der Waals surface area contributed by atoms with Crippen molar-refractivity contribution >= 4 is 17.5 Å². The number of anilines is 1. The van der Waals surface area contributed by atoms with Crippen LogP contribution in [0.4, 0.5) is 5.69 Å². The lowest BCUT2D eigenvalue weighted by Gasteiger charge is -2.19. The van der Waals surface area contributed by atoms with E-state index in [0.717, 1.165) is 5.56 Å². The number of rotatable bonds is 5. The molecule has 0 fully saturated rings. The molecule has 0 saturated carbocycles. The van der Waals surface area contributed by atoms with Gasteiger partial charge in [0.1, 0.15) is 0 Å². The molecular formula is C14H20N2O3. The Hall–Kier alpha value is -1.88. The molecule has 0 unspecified atom stereocenters.